The van der Waals surface area contributed by atoms with Gasteiger partial charge in [0.2, 0.25) is 5.91 Å². The average molecular weight is 391 g/mol. The van der Waals surface area contributed by atoms with Crippen molar-refractivity contribution < 1.29 is 19.4 Å². The highest BCUT2D eigenvalue weighted by atomic mass is 16.6. The number of benzene rings is 1. The van der Waals surface area contributed by atoms with Crippen LogP contribution >= 0.6 is 0 Å². The van der Waals surface area contributed by atoms with E-state index < -0.39 is 28.8 Å². The lowest BCUT2D eigenvalue weighted by molar-refractivity contribution is -0.140. The van der Waals surface area contributed by atoms with Crippen molar-refractivity contribution in [1.82, 2.24) is 10.2 Å². The summed E-state index contributed by atoms with van der Waals surface area (Å²) in [6.07, 6.45) is 0.330. The second-order valence-electron chi connectivity index (χ2n) is 9.67. The standard InChI is InChI=1S/C22H34N2O4/c1-20(2,3)17(23-19(26)28-21(4,5)6)18(25)24-14-12-22(27,13-15-24)16-10-8-7-9-11-16/h7-11,17,27H,12-15H2,1-6H3,(H,23,26). The molecule has 0 radical (unpaired) electrons. The summed E-state index contributed by atoms with van der Waals surface area (Å²) in [6, 6.07) is 8.86. The highest BCUT2D eigenvalue weighted by Crippen LogP contribution is 2.33. The molecule has 2 rings (SSSR count). The maximum Gasteiger partial charge on any atom is 0.408 e. The molecule has 1 atom stereocenters. The summed E-state index contributed by atoms with van der Waals surface area (Å²) in [5, 5.41) is 13.7. The van der Waals surface area contributed by atoms with Crippen molar-refractivity contribution in [2.75, 3.05) is 13.1 Å². The normalized spacial score (nSPS) is 18.3. The highest BCUT2D eigenvalue weighted by Gasteiger charge is 2.41. The number of carbonyl (C=O) groups excluding carboxylic acids is 2. The molecule has 0 bridgehead atoms. The zero-order valence-electron chi connectivity index (χ0n) is 17.9. The quantitative estimate of drug-likeness (QED) is 0.829. The van der Waals surface area contributed by atoms with Crippen LogP contribution in [0.1, 0.15) is 59.9 Å². The van der Waals surface area contributed by atoms with E-state index >= 15 is 0 Å². The van der Waals surface area contributed by atoms with Gasteiger partial charge in [-0.15, -0.1) is 0 Å². The summed E-state index contributed by atoms with van der Waals surface area (Å²) in [4.78, 5) is 27.1. The summed E-state index contributed by atoms with van der Waals surface area (Å²) in [7, 11) is 0. The van der Waals surface area contributed by atoms with Gasteiger partial charge in [0, 0.05) is 13.1 Å². The summed E-state index contributed by atoms with van der Waals surface area (Å²) >= 11 is 0. The van der Waals surface area contributed by atoms with Crippen LogP contribution in [0.15, 0.2) is 30.3 Å². The first-order valence-corrected chi connectivity index (χ1v) is 9.88. The average Bonchev–Trinajstić information content (AvgIpc) is 2.58. The van der Waals surface area contributed by atoms with Crippen LogP contribution in [-0.2, 0) is 15.1 Å². The zero-order chi connectivity index (χ0) is 21.2. The number of alkyl carbamates (subject to hydrolysis) is 1. The van der Waals surface area contributed by atoms with Crippen molar-refractivity contribution in [1.29, 1.82) is 0 Å². The number of piperidine rings is 1. The van der Waals surface area contributed by atoms with Gasteiger partial charge in [0.25, 0.3) is 0 Å². The maximum absolute atomic E-state index is 13.2. The molecule has 1 heterocycles. The SMILES string of the molecule is CC(C)(C)OC(=O)NC(C(=O)N1CCC(O)(c2ccccc2)CC1)C(C)(C)C. The number of likely N-dealkylation sites (tertiary alicyclic amines) is 1. The molecule has 6 nitrogen and oxygen atoms in total. The minimum Gasteiger partial charge on any atom is -0.444 e. The Kier molecular flexibility index (Phi) is 6.44. The molecule has 2 amide bonds. The Balaban J connectivity index is 2.07. The number of amides is 2. The van der Waals surface area contributed by atoms with Gasteiger partial charge in [0.1, 0.15) is 11.6 Å². The smallest absolute Gasteiger partial charge is 0.408 e. The van der Waals surface area contributed by atoms with Gasteiger partial charge >= 0.3 is 6.09 Å². The van der Waals surface area contributed by atoms with Gasteiger partial charge in [-0.05, 0) is 44.6 Å². The fourth-order valence-electron chi connectivity index (χ4n) is 3.39. The second-order valence-corrected chi connectivity index (χ2v) is 9.67. The van der Waals surface area contributed by atoms with E-state index in [2.05, 4.69) is 5.32 Å². The van der Waals surface area contributed by atoms with Crippen molar-refractivity contribution in [3.8, 4) is 0 Å². The van der Waals surface area contributed by atoms with E-state index in [0.29, 0.717) is 25.9 Å². The Hall–Kier alpha value is -2.08. The van der Waals surface area contributed by atoms with Gasteiger partial charge in [0.05, 0.1) is 5.60 Å². The van der Waals surface area contributed by atoms with Gasteiger partial charge < -0.3 is 20.1 Å². The third-order valence-corrected chi connectivity index (χ3v) is 4.99. The number of aliphatic hydroxyl groups is 1. The zero-order valence-corrected chi connectivity index (χ0v) is 17.9. The molecule has 0 spiro atoms. The number of ether oxygens (including phenoxy) is 1. The molecule has 1 aliphatic heterocycles. The molecule has 1 unspecified atom stereocenters. The molecule has 0 saturated carbocycles. The van der Waals surface area contributed by atoms with Crippen LogP contribution < -0.4 is 5.32 Å². The lowest BCUT2D eigenvalue weighted by Gasteiger charge is -2.41. The number of hydrogen-bond acceptors (Lipinski definition) is 4. The molecule has 156 valence electrons. The number of hydrogen-bond donors (Lipinski definition) is 2. The summed E-state index contributed by atoms with van der Waals surface area (Å²) < 4.78 is 5.33. The van der Waals surface area contributed by atoms with Gasteiger partial charge in [0.15, 0.2) is 0 Å². The maximum atomic E-state index is 13.2. The van der Waals surface area contributed by atoms with Crippen LogP contribution in [0.5, 0.6) is 0 Å². The lowest BCUT2D eigenvalue weighted by Crippen LogP contribution is -2.57. The van der Waals surface area contributed by atoms with Crippen LogP contribution in [0.3, 0.4) is 0 Å². The van der Waals surface area contributed by atoms with Crippen LogP contribution in [-0.4, -0.2) is 46.7 Å². The molecular formula is C22H34N2O4. The second kappa shape index (κ2) is 8.11. The van der Waals surface area contributed by atoms with Gasteiger partial charge in [-0.3, -0.25) is 4.79 Å². The molecule has 1 aromatic rings. The number of carbonyl (C=O) groups is 2. The third-order valence-electron chi connectivity index (χ3n) is 4.99. The van der Waals surface area contributed by atoms with Gasteiger partial charge in [-0.1, -0.05) is 51.1 Å². The molecule has 0 aliphatic carbocycles. The van der Waals surface area contributed by atoms with E-state index in [1.165, 1.54) is 0 Å². The number of nitrogens with zero attached hydrogens (tertiary/aromatic N) is 1. The number of nitrogens with one attached hydrogen (secondary N) is 1. The van der Waals surface area contributed by atoms with Crippen LogP contribution in [0, 0.1) is 5.41 Å². The van der Waals surface area contributed by atoms with E-state index in [-0.39, 0.29) is 5.91 Å². The Bertz CT molecular complexity index is 681. The Morgan fingerprint density at radius 3 is 2.07 bits per heavy atom. The Morgan fingerprint density at radius 1 is 1.07 bits per heavy atom. The molecular weight excluding hydrogens is 356 g/mol. The predicted octanol–water partition coefficient (Wildman–Crippen LogP) is 3.44. The van der Waals surface area contributed by atoms with Crippen LogP contribution in [0.25, 0.3) is 0 Å². The first-order chi connectivity index (χ1) is 12.8. The van der Waals surface area contributed by atoms with E-state index in [4.69, 9.17) is 4.74 Å². The Labute approximate surface area is 168 Å². The van der Waals surface area contributed by atoms with Crippen LogP contribution in [0.4, 0.5) is 4.79 Å². The minimum absolute atomic E-state index is 0.145. The largest absolute Gasteiger partial charge is 0.444 e. The summed E-state index contributed by atoms with van der Waals surface area (Å²) in [5.74, 6) is -0.145. The monoisotopic (exact) mass is 390 g/mol. The van der Waals surface area contributed by atoms with Gasteiger partial charge in [-0.25, -0.2) is 4.79 Å². The first-order valence-electron chi connectivity index (χ1n) is 9.88. The van der Waals surface area contributed by atoms with Crippen LogP contribution in [0.2, 0.25) is 0 Å². The van der Waals surface area contributed by atoms with E-state index in [0.717, 1.165) is 5.56 Å². The topological polar surface area (TPSA) is 78.9 Å². The highest BCUT2D eigenvalue weighted by molar-refractivity contribution is 5.86. The number of rotatable bonds is 3. The molecule has 6 heteroatoms. The van der Waals surface area contributed by atoms with Crippen molar-refractivity contribution in [3.63, 3.8) is 0 Å². The fraction of sp³-hybridized carbons (Fsp3) is 0.636. The minimum atomic E-state index is -0.923. The van der Waals surface area contributed by atoms with Crippen molar-refractivity contribution >= 4 is 12.0 Å². The third kappa shape index (κ3) is 5.71. The Morgan fingerprint density at radius 2 is 1.61 bits per heavy atom. The lowest BCUT2D eigenvalue weighted by atomic mass is 9.82. The molecule has 0 aromatic heterocycles. The molecule has 1 fully saturated rings. The van der Waals surface area contributed by atoms with E-state index in [1.54, 1.807) is 25.7 Å². The van der Waals surface area contributed by atoms with Crippen molar-refractivity contribution in [3.05, 3.63) is 35.9 Å². The molecule has 1 saturated heterocycles. The van der Waals surface area contributed by atoms with Gasteiger partial charge in [-0.2, -0.15) is 0 Å². The molecule has 1 aliphatic rings. The predicted molar refractivity (Wildman–Crippen MR) is 109 cm³/mol. The van der Waals surface area contributed by atoms with Crippen molar-refractivity contribution in [2.45, 2.75) is 71.6 Å². The van der Waals surface area contributed by atoms with E-state index in [9.17, 15) is 14.7 Å². The molecule has 2 N–H and O–H groups in total. The van der Waals surface area contributed by atoms with Crippen molar-refractivity contribution in [2.24, 2.45) is 5.41 Å². The summed E-state index contributed by atoms with van der Waals surface area (Å²) in [5.41, 5.74) is -1.15. The molecule has 28 heavy (non-hydrogen) atoms. The first kappa shape index (κ1) is 22.2. The fourth-order valence-corrected chi connectivity index (χ4v) is 3.39. The molecule has 1 aromatic carbocycles. The van der Waals surface area contributed by atoms with E-state index in [1.807, 2.05) is 51.1 Å². The summed E-state index contributed by atoms with van der Waals surface area (Å²) in [6.45, 7) is 12.0.